The molecular formula is C28H31N5O2. The molecule has 0 aliphatic carbocycles. The minimum absolute atomic E-state index is 0.0711. The van der Waals surface area contributed by atoms with Crippen molar-refractivity contribution in [2.24, 2.45) is 0 Å². The molecule has 0 radical (unpaired) electrons. The normalized spacial score (nSPS) is 14.7. The molecule has 3 aliphatic rings. The fraction of sp³-hybridized carbons (Fsp3) is 0.321. The molecule has 0 atom stereocenters. The molecule has 3 heterocycles. The lowest BCUT2D eigenvalue weighted by atomic mass is 10.1. The molecule has 5 rings (SSSR count). The smallest absolute Gasteiger partial charge is 0.282 e. The van der Waals surface area contributed by atoms with Gasteiger partial charge in [-0.2, -0.15) is 9.78 Å². The van der Waals surface area contributed by atoms with Crippen molar-refractivity contribution in [1.29, 1.82) is 0 Å². The van der Waals surface area contributed by atoms with Crippen molar-refractivity contribution in [3.05, 3.63) is 94.0 Å². The van der Waals surface area contributed by atoms with Gasteiger partial charge in [0, 0.05) is 51.2 Å². The van der Waals surface area contributed by atoms with Gasteiger partial charge in [0.15, 0.2) is 0 Å². The molecule has 2 aromatic carbocycles. The summed E-state index contributed by atoms with van der Waals surface area (Å²) in [5, 5.41) is 4.61. The number of carbonyl (C=O) groups excluding carboxylic acids is 1. The lowest BCUT2D eigenvalue weighted by Crippen LogP contribution is -2.48. The van der Waals surface area contributed by atoms with E-state index in [4.69, 9.17) is 0 Å². The summed E-state index contributed by atoms with van der Waals surface area (Å²) in [5.41, 5.74) is 4.50. The summed E-state index contributed by atoms with van der Waals surface area (Å²) < 4.78 is 3.33. The van der Waals surface area contributed by atoms with Crippen LogP contribution in [0.5, 0.6) is 0 Å². The lowest BCUT2D eigenvalue weighted by molar-refractivity contribution is 0.0627. The number of nitrogens with zero attached hydrogens (tertiary/aromatic N) is 5. The molecule has 0 aromatic heterocycles. The first kappa shape index (κ1) is 23.1. The average molecular weight is 470 g/mol. The van der Waals surface area contributed by atoms with E-state index in [0.717, 1.165) is 19.6 Å². The third-order valence-corrected chi connectivity index (χ3v) is 6.83. The lowest BCUT2D eigenvalue weighted by Gasteiger charge is -2.35. The molecule has 0 N–H and O–H groups in total. The first-order chi connectivity index (χ1) is 16.9. The largest absolute Gasteiger partial charge is 0.350 e. The van der Waals surface area contributed by atoms with Crippen LogP contribution in [-0.2, 0) is 6.54 Å². The number of piperazine rings is 1. The van der Waals surface area contributed by atoms with Crippen LogP contribution >= 0.6 is 0 Å². The SMILES string of the molecule is Cc1ccccc1CN1CCN(C(=O)c2cn(C(C)C)cc3c(=O)n(-c4ccccc4)nc2-3)CC1. The molecule has 7 heteroatoms. The van der Waals surface area contributed by atoms with E-state index < -0.39 is 0 Å². The van der Waals surface area contributed by atoms with Crippen molar-refractivity contribution < 1.29 is 4.79 Å². The molecule has 35 heavy (non-hydrogen) atoms. The van der Waals surface area contributed by atoms with Crippen molar-refractivity contribution >= 4 is 5.91 Å². The fourth-order valence-electron chi connectivity index (χ4n) is 4.63. The highest BCUT2D eigenvalue weighted by Gasteiger charge is 2.29. The number of para-hydroxylation sites is 1. The summed E-state index contributed by atoms with van der Waals surface area (Å²) in [7, 11) is 0. The summed E-state index contributed by atoms with van der Waals surface area (Å²) in [6.45, 7) is 10.0. The van der Waals surface area contributed by atoms with Crippen LogP contribution in [0.2, 0.25) is 0 Å². The van der Waals surface area contributed by atoms with Crippen LogP contribution in [0.1, 0.15) is 41.4 Å². The Morgan fingerprint density at radius 1 is 0.943 bits per heavy atom. The minimum Gasteiger partial charge on any atom is -0.350 e. The zero-order chi connectivity index (χ0) is 24.5. The summed E-state index contributed by atoms with van der Waals surface area (Å²) >= 11 is 0. The average Bonchev–Trinajstić information content (AvgIpc) is 3.22. The molecule has 3 aliphatic heterocycles. The highest BCUT2D eigenvalue weighted by atomic mass is 16.2. The Kier molecular flexibility index (Phi) is 6.26. The number of aromatic nitrogens is 3. The Bertz CT molecular complexity index is 1360. The van der Waals surface area contributed by atoms with Gasteiger partial charge in [-0.05, 0) is 44.0 Å². The summed E-state index contributed by atoms with van der Waals surface area (Å²) in [6, 6.07) is 17.9. The quantitative estimate of drug-likeness (QED) is 0.444. The van der Waals surface area contributed by atoms with Crippen LogP contribution in [0.3, 0.4) is 0 Å². The maximum absolute atomic E-state index is 13.7. The second-order valence-electron chi connectivity index (χ2n) is 9.52. The second kappa shape index (κ2) is 9.50. The third-order valence-electron chi connectivity index (χ3n) is 6.83. The van der Waals surface area contributed by atoms with Crippen LogP contribution in [0.25, 0.3) is 16.9 Å². The van der Waals surface area contributed by atoms with Gasteiger partial charge in [-0.25, -0.2) is 0 Å². The van der Waals surface area contributed by atoms with Crippen LogP contribution < -0.4 is 5.56 Å². The van der Waals surface area contributed by atoms with Crippen molar-refractivity contribution in [1.82, 2.24) is 24.1 Å². The molecule has 1 fully saturated rings. The van der Waals surface area contributed by atoms with E-state index in [2.05, 4.69) is 41.2 Å². The maximum atomic E-state index is 13.7. The van der Waals surface area contributed by atoms with E-state index in [0.29, 0.717) is 35.6 Å². The van der Waals surface area contributed by atoms with E-state index in [1.807, 2.05) is 66.0 Å². The monoisotopic (exact) mass is 469 g/mol. The Balaban J connectivity index is 1.42. The Labute approximate surface area is 205 Å². The first-order valence-corrected chi connectivity index (χ1v) is 12.2. The van der Waals surface area contributed by atoms with Gasteiger partial charge in [0.2, 0.25) is 0 Å². The standard InChI is InChI=1S/C28H31N5O2/c1-20(2)32-18-24(26-25(19-32)28(35)33(29-26)23-11-5-4-6-12-23)27(34)31-15-13-30(14-16-31)17-22-10-8-7-9-21(22)3/h4-12,18-20H,13-17H2,1-3H3. The highest BCUT2D eigenvalue weighted by molar-refractivity contribution is 6.00. The minimum atomic E-state index is -0.210. The van der Waals surface area contributed by atoms with Crippen LogP contribution in [0.4, 0.5) is 0 Å². The number of fused-ring (bicyclic) bond motifs is 1. The molecule has 7 nitrogen and oxygen atoms in total. The molecule has 0 bridgehead atoms. The van der Waals surface area contributed by atoms with Gasteiger partial charge in [0.25, 0.3) is 11.5 Å². The van der Waals surface area contributed by atoms with Gasteiger partial charge in [-0.15, -0.1) is 0 Å². The van der Waals surface area contributed by atoms with E-state index >= 15 is 0 Å². The Hall–Kier alpha value is -3.71. The Morgan fingerprint density at radius 2 is 1.63 bits per heavy atom. The number of aryl methyl sites for hydroxylation is 1. The zero-order valence-corrected chi connectivity index (χ0v) is 20.5. The molecule has 0 spiro atoms. The fourth-order valence-corrected chi connectivity index (χ4v) is 4.63. The van der Waals surface area contributed by atoms with Crippen molar-refractivity contribution in [3.8, 4) is 16.9 Å². The molecule has 1 saturated heterocycles. The van der Waals surface area contributed by atoms with Crippen LogP contribution in [-0.4, -0.2) is 56.2 Å². The van der Waals surface area contributed by atoms with E-state index in [1.165, 1.54) is 15.8 Å². The topological polar surface area (TPSA) is 63.4 Å². The van der Waals surface area contributed by atoms with Crippen LogP contribution in [0, 0.1) is 6.92 Å². The van der Waals surface area contributed by atoms with E-state index in [9.17, 15) is 9.59 Å². The number of carbonyl (C=O) groups is 1. The molecular weight excluding hydrogens is 438 g/mol. The summed E-state index contributed by atoms with van der Waals surface area (Å²) in [5.74, 6) is -0.0711. The van der Waals surface area contributed by atoms with Gasteiger partial charge in [-0.1, -0.05) is 42.5 Å². The molecule has 180 valence electrons. The van der Waals surface area contributed by atoms with Gasteiger partial charge in [0.05, 0.1) is 16.8 Å². The predicted octanol–water partition coefficient (Wildman–Crippen LogP) is 3.99. The number of rotatable bonds is 5. The van der Waals surface area contributed by atoms with Crippen molar-refractivity contribution in [3.63, 3.8) is 0 Å². The number of benzene rings is 2. The van der Waals surface area contributed by atoms with Gasteiger partial charge < -0.3 is 9.47 Å². The number of amides is 1. The summed E-state index contributed by atoms with van der Waals surface area (Å²) in [4.78, 5) is 31.2. The first-order valence-electron chi connectivity index (χ1n) is 12.2. The molecule has 0 saturated carbocycles. The molecule has 2 aromatic rings. The van der Waals surface area contributed by atoms with Gasteiger partial charge >= 0.3 is 0 Å². The van der Waals surface area contributed by atoms with E-state index in [-0.39, 0.29) is 17.5 Å². The number of hydrogen-bond acceptors (Lipinski definition) is 4. The second-order valence-corrected chi connectivity index (χ2v) is 9.52. The highest BCUT2D eigenvalue weighted by Crippen LogP contribution is 2.26. The number of pyridine rings is 1. The maximum Gasteiger partial charge on any atom is 0.282 e. The third kappa shape index (κ3) is 4.51. The van der Waals surface area contributed by atoms with Crippen molar-refractivity contribution in [2.45, 2.75) is 33.4 Å². The zero-order valence-electron chi connectivity index (χ0n) is 20.5. The summed E-state index contributed by atoms with van der Waals surface area (Å²) in [6.07, 6.45) is 3.66. The Morgan fingerprint density at radius 3 is 2.31 bits per heavy atom. The number of hydrogen-bond donors (Lipinski definition) is 0. The van der Waals surface area contributed by atoms with Gasteiger partial charge in [-0.3, -0.25) is 14.5 Å². The predicted molar refractivity (Wildman–Crippen MR) is 137 cm³/mol. The van der Waals surface area contributed by atoms with Gasteiger partial charge in [0.1, 0.15) is 5.69 Å². The van der Waals surface area contributed by atoms with Crippen LogP contribution in [0.15, 0.2) is 71.8 Å². The van der Waals surface area contributed by atoms with E-state index in [1.54, 1.807) is 0 Å². The van der Waals surface area contributed by atoms with Crippen molar-refractivity contribution in [2.75, 3.05) is 26.2 Å². The molecule has 0 unspecified atom stereocenters. The molecule has 1 amide bonds.